The van der Waals surface area contributed by atoms with Crippen molar-refractivity contribution in [2.75, 3.05) is 20.3 Å². The first-order valence-corrected chi connectivity index (χ1v) is 7.12. The van der Waals surface area contributed by atoms with Crippen molar-refractivity contribution in [2.24, 2.45) is 0 Å². The van der Waals surface area contributed by atoms with E-state index in [1.54, 1.807) is 7.11 Å². The van der Waals surface area contributed by atoms with Crippen molar-refractivity contribution < 1.29 is 9.47 Å². The summed E-state index contributed by atoms with van der Waals surface area (Å²) in [5.74, 6) is 0.941. The van der Waals surface area contributed by atoms with Crippen LogP contribution in [0.1, 0.15) is 43.9 Å². The number of methoxy groups -OCH3 is 1. The van der Waals surface area contributed by atoms with Gasteiger partial charge in [0.25, 0.3) is 0 Å². The van der Waals surface area contributed by atoms with Gasteiger partial charge in [0, 0.05) is 6.61 Å². The molecule has 106 valence electrons. The molecular formula is C16H25NO2. The Labute approximate surface area is 116 Å². The second kappa shape index (κ2) is 5.93. The van der Waals surface area contributed by atoms with Crippen LogP contribution in [0.25, 0.3) is 0 Å². The van der Waals surface area contributed by atoms with E-state index in [2.05, 4.69) is 38.2 Å². The van der Waals surface area contributed by atoms with E-state index >= 15 is 0 Å². The zero-order valence-corrected chi connectivity index (χ0v) is 12.5. The zero-order chi connectivity index (χ0) is 13.9. The first kappa shape index (κ1) is 14.4. The summed E-state index contributed by atoms with van der Waals surface area (Å²) in [5.41, 5.74) is 2.35. The van der Waals surface area contributed by atoms with Crippen LogP contribution in [0, 0.1) is 6.92 Å². The predicted molar refractivity (Wildman–Crippen MR) is 77.7 cm³/mol. The van der Waals surface area contributed by atoms with Crippen LogP contribution in [-0.2, 0) is 4.74 Å². The largest absolute Gasteiger partial charge is 0.496 e. The lowest BCUT2D eigenvalue weighted by atomic mass is 9.87. The van der Waals surface area contributed by atoms with Crippen molar-refractivity contribution in [3.63, 3.8) is 0 Å². The molecule has 0 radical (unpaired) electrons. The van der Waals surface area contributed by atoms with Gasteiger partial charge in [-0.25, -0.2) is 0 Å². The number of likely N-dealkylation sites (N-methyl/N-ethyl adjacent to an activating group) is 1. The van der Waals surface area contributed by atoms with E-state index in [-0.39, 0.29) is 11.6 Å². The molecule has 1 heterocycles. The van der Waals surface area contributed by atoms with Crippen molar-refractivity contribution in [1.29, 1.82) is 0 Å². The lowest BCUT2D eigenvalue weighted by molar-refractivity contribution is -0.0121. The van der Waals surface area contributed by atoms with Gasteiger partial charge in [0.15, 0.2) is 0 Å². The molecule has 1 aliphatic heterocycles. The molecule has 0 spiro atoms. The average Bonchev–Trinajstić information content (AvgIpc) is 2.83. The van der Waals surface area contributed by atoms with Crippen LogP contribution < -0.4 is 10.1 Å². The molecule has 0 saturated carbocycles. The van der Waals surface area contributed by atoms with Gasteiger partial charge in [-0.2, -0.15) is 0 Å². The fourth-order valence-corrected chi connectivity index (χ4v) is 3.00. The molecule has 2 atom stereocenters. The fraction of sp³-hybridized carbons (Fsp3) is 0.625. The smallest absolute Gasteiger partial charge is 0.121 e. The van der Waals surface area contributed by atoms with Crippen LogP contribution in [0.15, 0.2) is 18.2 Å². The second-order valence-electron chi connectivity index (χ2n) is 5.48. The highest BCUT2D eigenvalue weighted by molar-refractivity contribution is 5.38. The van der Waals surface area contributed by atoms with Crippen LogP contribution in [0.2, 0.25) is 0 Å². The Kier molecular flexibility index (Phi) is 4.48. The summed E-state index contributed by atoms with van der Waals surface area (Å²) in [6.07, 6.45) is 2.25. The topological polar surface area (TPSA) is 30.5 Å². The number of rotatable bonds is 5. The van der Waals surface area contributed by atoms with E-state index < -0.39 is 0 Å². The molecule has 0 aromatic heterocycles. The van der Waals surface area contributed by atoms with E-state index in [0.717, 1.165) is 31.7 Å². The molecule has 1 N–H and O–H groups in total. The molecule has 19 heavy (non-hydrogen) atoms. The maximum atomic E-state index is 6.01. The summed E-state index contributed by atoms with van der Waals surface area (Å²) < 4.78 is 11.4. The Morgan fingerprint density at radius 2 is 2.26 bits per heavy atom. The highest BCUT2D eigenvalue weighted by atomic mass is 16.5. The minimum Gasteiger partial charge on any atom is -0.496 e. The van der Waals surface area contributed by atoms with E-state index in [9.17, 15) is 0 Å². The van der Waals surface area contributed by atoms with Crippen molar-refractivity contribution in [3.05, 3.63) is 29.3 Å². The number of hydrogen-bond acceptors (Lipinski definition) is 3. The zero-order valence-electron chi connectivity index (χ0n) is 12.5. The average molecular weight is 263 g/mol. The summed E-state index contributed by atoms with van der Waals surface area (Å²) in [6, 6.07) is 6.64. The highest BCUT2D eigenvalue weighted by Gasteiger charge is 2.38. The molecule has 0 bridgehead atoms. The summed E-state index contributed by atoms with van der Waals surface area (Å²) in [6.45, 7) is 8.25. The monoisotopic (exact) mass is 263 g/mol. The first-order valence-electron chi connectivity index (χ1n) is 7.12. The molecule has 1 saturated heterocycles. The lowest BCUT2D eigenvalue weighted by Crippen LogP contribution is -2.41. The van der Waals surface area contributed by atoms with E-state index in [1.165, 1.54) is 11.1 Å². The minimum absolute atomic E-state index is 0.100. The number of aryl methyl sites for hydroxylation is 1. The quantitative estimate of drug-likeness (QED) is 0.884. The van der Waals surface area contributed by atoms with Gasteiger partial charge >= 0.3 is 0 Å². The van der Waals surface area contributed by atoms with Gasteiger partial charge in [-0.05, 0) is 50.4 Å². The number of benzene rings is 1. The minimum atomic E-state index is -0.100. The molecular weight excluding hydrogens is 238 g/mol. The molecule has 2 rings (SSSR count). The van der Waals surface area contributed by atoms with E-state index in [0.29, 0.717) is 0 Å². The van der Waals surface area contributed by atoms with Crippen LogP contribution in [-0.4, -0.2) is 25.9 Å². The Hall–Kier alpha value is -1.06. The van der Waals surface area contributed by atoms with Gasteiger partial charge in [-0.1, -0.05) is 19.1 Å². The molecule has 0 amide bonds. The van der Waals surface area contributed by atoms with Crippen LogP contribution in [0.5, 0.6) is 5.75 Å². The third kappa shape index (κ3) is 2.93. The van der Waals surface area contributed by atoms with Crippen molar-refractivity contribution in [3.8, 4) is 5.75 Å². The maximum absolute atomic E-state index is 6.01. The Balaban J connectivity index is 2.30. The van der Waals surface area contributed by atoms with Gasteiger partial charge in [0.05, 0.1) is 18.8 Å². The van der Waals surface area contributed by atoms with Crippen LogP contribution in [0.4, 0.5) is 0 Å². The number of ether oxygens (including phenoxy) is 2. The highest BCUT2D eigenvalue weighted by Crippen LogP contribution is 2.38. The molecule has 0 aliphatic carbocycles. The lowest BCUT2D eigenvalue weighted by Gasteiger charge is -2.34. The molecule has 3 heteroatoms. The SMILES string of the molecule is CCNC(c1ccc(OC)c(C)c1)C1(C)CCCO1. The Morgan fingerprint density at radius 3 is 2.79 bits per heavy atom. The summed E-state index contributed by atoms with van der Waals surface area (Å²) >= 11 is 0. The number of nitrogens with one attached hydrogen (secondary N) is 1. The van der Waals surface area contributed by atoms with Crippen molar-refractivity contribution in [2.45, 2.75) is 45.3 Å². The normalized spacial score (nSPS) is 24.4. The molecule has 1 aromatic rings. The predicted octanol–water partition coefficient (Wildman–Crippen LogP) is 3.22. The summed E-state index contributed by atoms with van der Waals surface area (Å²) in [5, 5.41) is 3.58. The second-order valence-corrected chi connectivity index (χ2v) is 5.48. The van der Waals surface area contributed by atoms with Crippen LogP contribution in [0.3, 0.4) is 0 Å². The van der Waals surface area contributed by atoms with Crippen LogP contribution >= 0.6 is 0 Å². The van der Waals surface area contributed by atoms with Gasteiger partial charge in [0.2, 0.25) is 0 Å². The fourth-order valence-electron chi connectivity index (χ4n) is 3.00. The van der Waals surface area contributed by atoms with Crippen molar-refractivity contribution in [1.82, 2.24) is 5.32 Å². The molecule has 3 nitrogen and oxygen atoms in total. The van der Waals surface area contributed by atoms with Gasteiger partial charge < -0.3 is 14.8 Å². The molecule has 1 aromatic carbocycles. The maximum Gasteiger partial charge on any atom is 0.121 e. The van der Waals surface area contributed by atoms with Gasteiger partial charge in [0.1, 0.15) is 5.75 Å². The van der Waals surface area contributed by atoms with E-state index in [4.69, 9.17) is 9.47 Å². The van der Waals surface area contributed by atoms with Gasteiger partial charge in [-0.15, -0.1) is 0 Å². The molecule has 1 aliphatic rings. The van der Waals surface area contributed by atoms with Gasteiger partial charge in [-0.3, -0.25) is 0 Å². The third-order valence-corrected chi connectivity index (χ3v) is 4.02. The van der Waals surface area contributed by atoms with Crippen molar-refractivity contribution >= 4 is 0 Å². The Bertz CT molecular complexity index is 425. The standard InChI is InChI=1S/C16H25NO2/c1-5-17-15(16(3)9-6-10-19-16)13-7-8-14(18-4)12(2)11-13/h7-8,11,15,17H,5-6,9-10H2,1-4H3. The Morgan fingerprint density at radius 1 is 1.47 bits per heavy atom. The van der Waals surface area contributed by atoms with E-state index in [1.807, 2.05) is 6.07 Å². The molecule has 1 fully saturated rings. The molecule has 2 unspecified atom stereocenters. The summed E-state index contributed by atoms with van der Waals surface area (Å²) in [4.78, 5) is 0. The number of hydrogen-bond donors (Lipinski definition) is 1. The third-order valence-electron chi connectivity index (χ3n) is 4.02. The summed E-state index contributed by atoms with van der Waals surface area (Å²) in [7, 11) is 1.71. The first-order chi connectivity index (χ1) is 9.10.